The van der Waals surface area contributed by atoms with Gasteiger partial charge < -0.3 is 4.84 Å². The maximum absolute atomic E-state index is 6.45. The first-order chi connectivity index (χ1) is 12.6. The number of amidine groups is 1. The molecule has 5 heteroatoms. The lowest BCUT2D eigenvalue weighted by Gasteiger charge is -2.35. The van der Waals surface area contributed by atoms with E-state index in [9.17, 15) is 0 Å². The van der Waals surface area contributed by atoms with E-state index in [4.69, 9.17) is 28.0 Å². The lowest BCUT2D eigenvalue weighted by Crippen LogP contribution is -2.44. The molecule has 4 rings (SSSR count). The Morgan fingerprint density at radius 1 is 0.885 bits per heavy atom. The number of para-hydroxylation sites is 1. The molecular weight excluding hydrogens is 367 g/mol. The molecule has 0 aliphatic carbocycles. The summed E-state index contributed by atoms with van der Waals surface area (Å²) in [6.45, 7) is 2.00. The highest BCUT2D eigenvalue weighted by molar-refractivity contribution is 6.37. The number of oxime groups is 1. The Balaban J connectivity index is 1.87. The van der Waals surface area contributed by atoms with Crippen LogP contribution >= 0.6 is 23.2 Å². The predicted molar refractivity (Wildman–Crippen MR) is 107 cm³/mol. The zero-order valence-corrected chi connectivity index (χ0v) is 15.6. The molecule has 0 fully saturated rings. The van der Waals surface area contributed by atoms with Gasteiger partial charge in [0.15, 0.2) is 5.84 Å². The Hall–Kier alpha value is -2.49. The summed E-state index contributed by atoms with van der Waals surface area (Å²) in [6.07, 6.45) is 0. The first kappa shape index (κ1) is 17.0. The molecular formula is C21H16Cl2N2O. The molecule has 0 saturated carbocycles. The van der Waals surface area contributed by atoms with Crippen molar-refractivity contribution in [3.63, 3.8) is 0 Å². The molecule has 0 bridgehead atoms. The number of halogens is 2. The molecule has 3 aromatic carbocycles. The maximum Gasteiger partial charge on any atom is 0.238 e. The lowest BCUT2D eigenvalue weighted by molar-refractivity contribution is -0.00577. The van der Waals surface area contributed by atoms with Crippen LogP contribution in [0.1, 0.15) is 18.1 Å². The SMILES string of the molecule is CC1(c2ccccc2)ON=C(c2ccc(Cl)cc2Cl)N1c1ccccc1. The number of hydrogen-bond donors (Lipinski definition) is 0. The third kappa shape index (κ3) is 2.83. The average Bonchev–Trinajstić information content (AvgIpc) is 3.02. The molecule has 0 saturated heterocycles. The molecule has 0 radical (unpaired) electrons. The molecule has 0 amide bonds. The second-order valence-electron chi connectivity index (χ2n) is 6.15. The monoisotopic (exact) mass is 382 g/mol. The van der Waals surface area contributed by atoms with E-state index in [1.54, 1.807) is 12.1 Å². The van der Waals surface area contributed by atoms with Gasteiger partial charge in [0.25, 0.3) is 0 Å². The molecule has 3 nitrogen and oxygen atoms in total. The predicted octanol–water partition coefficient (Wildman–Crippen LogP) is 6.06. The Morgan fingerprint density at radius 2 is 1.54 bits per heavy atom. The molecule has 1 aliphatic heterocycles. The normalized spacial score (nSPS) is 19.2. The van der Waals surface area contributed by atoms with Crippen molar-refractivity contribution in [3.8, 4) is 0 Å². The number of hydrogen-bond acceptors (Lipinski definition) is 3. The van der Waals surface area contributed by atoms with Gasteiger partial charge in [-0.3, -0.25) is 4.90 Å². The van der Waals surface area contributed by atoms with Gasteiger partial charge in [0, 0.05) is 28.8 Å². The van der Waals surface area contributed by atoms with Crippen LogP contribution in [0.2, 0.25) is 10.0 Å². The van der Waals surface area contributed by atoms with Crippen molar-refractivity contribution in [2.75, 3.05) is 4.90 Å². The van der Waals surface area contributed by atoms with Gasteiger partial charge in [-0.2, -0.15) is 0 Å². The average molecular weight is 383 g/mol. The second-order valence-corrected chi connectivity index (χ2v) is 6.99. The molecule has 1 atom stereocenters. The summed E-state index contributed by atoms with van der Waals surface area (Å²) in [5.74, 6) is 0.643. The van der Waals surface area contributed by atoms with Crippen LogP contribution in [-0.2, 0) is 10.6 Å². The first-order valence-electron chi connectivity index (χ1n) is 8.22. The highest BCUT2D eigenvalue weighted by Gasteiger charge is 2.45. The fourth-order valence-electron chi connectivity index (χ4n) is 3.13. The van der Waals surface area contributed by atoms with Gasteiger partial charge in [0.1, 0.15) is 0 Å². The number of anilines is 1. The Bertz CT molecular complexity index is 960. The van der Waals surface area contributed by atoms with Crippen molar-refractivity contribution >= 4 is 34.7 Å². The summed E-state index contributed by atoms with van der Waals surface area (Å²) in [5.41, 5.74) is 1.93. The topological polar surface area (TPSA) is 24.8 Å². The van der Waals surface area contributed by atoms with Crippen LogP contribution in [0.5, 0.6) is 0 Å². The standard InChI is InChI=1S/C21H16Cl2N2O/c1-21(15-8-4-2-5-9-15)25(17-10-6-3-7-11-17)20(24-26-21)18-13-12-16(22)14-19(18)23/h2-14H,1H3. The fraction of sp³-hybridized carbons (Fsp3) is 0.0952. The van der Waals surface area contributed by atoms with Gasteiger partial charge in [0.2, 0.25) is 5.72 Å². The Morgan fingerprint density at radius 3 is 2.19 bits per heavy atom. The molecule has 1 heterocycles. The molecule has 130 valence electrons. The molecule has 26 heavy (non-hydrogen) atoms. The van der Waals surface area contributed by atoms with Gasteiger partial charge in [-0.25, -0.2) is 0 Å². The van der Waals surface area contributed by atoms with E-state index in [1.807, 2.05) is 73.7 Å². The van der Waals surface area contributed by atoms with Crippen molar-refractivity contribution in [2.45, 2.75) is 12.6 Å². The van der Waals surface area contributed by atoms with Crippen molar-refractivity contribution in [1.29, 1.82) is 0 Å². The Labute approximate surface area is 162 Å². The highest BCUT2D eigenvalue weighted by atomic mass is 35.5. The van der Waals surface area contributed by atoms with Gasteiger partial charge in [-0.15, -0.1) is 0 Å². The molecule has 3 aromatic rings. The summed E-state index contributed by atoms with van der Waals surface area (Å²) < 4.78 is 0. The molecule has 1 aliphatic rings. The van der Waals surface area contributed by atoms with Crippen molar-refractivity contribution < 1.29 is 4.84 Å². The van der Waals surface area contributed by atoms with Gasteiger partial charge in [-0.05, 0) is 30.3 Å². The van der Waals surface area contributed by atoms with Crippen LogP contribution in [0.15, 0.2) is 84.0 Å². The first-order valence-corrected chi connectivity index (χ1v) is 8.97. The van der Waals surface area contributed by atoms with E-state index in [1.165, 1.54) is 0 Å². The van der Waals surface area contributed by atoms with Gasteiger partial charge >= 0.3 is 0 Å². The number of rotatable bonds is 3. The van der Waals surface area contributed by atoms with E-state index in [2.05, 4.69) is 10.1 Å². The molecule has 0 aromatic heterocycles. The lowest BCUT2D eigenvalue weighted by atomic mass is 10.0. The number of nitrogens with zero attached hydrogens (tertiary/aromatic N) is 2. The van der Waals surface area contributed by atoms with Crippen molar-refractivity contribution in [3.05, 3.63) is 100 Å². The van der Waals surface area contributed by atoms with Crippen LogP contribution < -0.4 is 4.90 Å². The summed E-state index contributed by atoms with van der Waals surface area (Å²) in [5, 5.41) is 5.50. The summed E-state index contributed by atoms with van der Waals surface area (Å²) in [7, 11) is 0. The molecule has 0 N–H and O–H groups in total. The third-order valence-corrected chi connectivity index (χ3v) is 4.99. The summed E-state index contributed by atoms with van der Waals surface area (Å²) in [4.78, 5) is 8.02. The summed E-state index contributed by atoms with van der Waals surface area (Å²) in [6, 6.07) is 25.4. The highest BCUT2D eigenvalue weighted by Crippen LogP contribution is 2.41. The van der Waals surface area contributed by atoms with Gasteiger partial charge in [-0.1, -0.05) is 76.9 Å². The van der Waals surface area contributed by atoms with Crippen LogP contribution in [0.4, 0.5) is 5.69 Å². The fourth-order valence-corrected chi connectivity index (χ4v) is 3.62. The third-order valence-electron chi connectivity index (χ3n) is 4.44. The van der Waals surface area contributed by atoms with E-state index in [-0.39, 0.29) is 0 Å². The minimum absolute atomic E-state index is 0.526. The summed E-state index contributed by atoms with van der Waals surface area (Å²) >= 11 is 12.5. The van der Waals surface area contributed by atoms with Crippen LogP contribution in [-0.4, -0.2) is 5.84 Å². The van der Waals surface area contributed by atoms with Crippen LogP contribution in [0, 0.1) is 0 Å². The van der Waals surface area contributed by atoms with E-state index < -0.39 is 5.72 Å². The van der Waals surface area contributed by atoms with E-state index in [0.29, 0.717) is 15.9 Å². The van der Waals surface area contributed by atoms with Crippen LogP contribution in [0.25, 0.3) is 0 Å². The zero-order valence-electron chi connectivity index (χ0n) is 14.1. The van der Waals surface area contributed by atoms with Crippen molar-refractivity contribution in [2.24, 2.45) is 5.16 Å². The minimum Gasteiger partial charge on any atom is -0.360 e. The quantitative estimate of drug-likeness (QED) is 0.549. The zero-order chi connectivity index (χ0) is 18.1. The van der Waals surface area contributed by atoms with E-state index in [0.717, 1.165) is 16.8 Å². The smallest absolute Gasteiger partial charge is 0.238 e. The molecule has 1 unspecified atom stereocenters. The minimum atomic E-state index is -0.791. The number of benzene rings is 3. The molecule has 0 spiro atoms. The van der Waals surface area contributed by atoms with Crippen LogP contribution in [0.3, 0.4) is 0 Å². The largest absolute Gasteiger partial charge is 0.360 e. The van der Waals surface area contributed by atoms with Crippen molar-refractivity contribution in [1.82, 2.24) is 0 Å². The van der Waals surface area contributed by atoms with E-state index >= 15 is 0 Å². The Kier molecular flexibility index (Phi) is 4.35. The van der Waals surface area contributed by atoms with Gasteiger partial charge in [0.05, 0.1) is 5.02 Å². The second kappa shape index (κ2) is 6.67. The maximum atomic E-state index is 6.45.